The maximum atomic E-state index is 12.5. The van der Waals surface area contributed by atoms with Crippen LogP contribution in [-0.2, 0) is 14.3 Å². The molecule has 3 rings (SSSR count). The number of hydrogen-bond acceptors (Lipinski definition) is 9. The van der Waals surface area contributed by atoms with Crippen molar-refractivity contribution in [3.8, 4) is 0 Å². The predicted molar refractivity (Wildman–Crippen MR) is 106 cm³/mol. The Morgan fingerprint density at radius 1 is 1.20 bits per heavy atom. The number of nitrogens with zero attached hydrogens (tertiary/aromatic N) is 2. The summed E-state index contributed by atoms with van der Waals surface area (Å²) in [7, 11) is 0. The van der Waals surface area contributed by atoms with Crippen molar-refractivity contribution in [3.63, 3.8) is 0 Å². The van der Waals surface area contributed by atoms with E-state index >= 15 is 0 Å². The molecule has 0 atom stereocenters. The zero-order valence-electron chi connectivity index (χ0n) is 15.7. The highest BCUT2D eigenvalue weighted by Gasteiger charge is 2.23. The number of rotatable bonds is 6. The van der Waals surface area contributed by atoms with E-state index in [-0.39, 0.29) is 11.3 Å². The van der Waals surface area contributed by atoms with Crippen LogP contribution in [0.5, 0.6) is 0 Å². The molecule has 0 unspecified atom stereocenters. The third kappa shape index (κ3) is 5.30. The Labute approximate surface area is 174 Å². The van der Waals surface area contributed by atoms with Crippen LogP contribution < -0.4 is 15.8 Å². The van der Waals surface area contributed by atoms with E-state index in [1.165, 1.54) is 23.5 Å². The van der Waals surface area contributed by atoms with Crippen LogP contribution in [0.3, 0.4) is 0 Å². The second-order valence-corrected chi connectivity index (χ2v) is 7.06. The van der Waals surface area contributed by atoms with Gasteiger partial charge in [-0.15, -0.1) is 11.3 Å². The van der Waals surface area contributed by atoms with E-state index < -0.39 is 29.3 Å². The van der Waals surface area contributed by atoms with Crippen molar-refractivity contribution in [2.24, 2.45) is 0 Å². The average Bonchev–Trinajstić information content (AvgIpc) is 3.31. The number of morpholine rings is 1. The predicted octanol–water partition coefficient (Wildman–Crippen LogP) is 1.11. The highest BCUT2D eigenvalue weighted by molar-refractivity contribution is 7.12. The molecule has 2 aromatic rings. The number of esters is 1. The van der Waals surface area contributed by atoms with Crippen molar-refractivity contribution < 1.29 is 28.8 Å². The molecule has 0 spiro atoms. The van der Waals surface area contributed by atoms with Crippen molar-refractivity contribution in [1.29, 1.82) is 0 Å². The van der Waals surface area contributed by atoms with Crippen LogP contribution in [-0.4, -0.2) is 55.6 Å². The number of hydrazine groups is 1. The number of nitro benzene ring substituents is 1. The van der Waals surface area contributed by atoms with Gasteiger partial charge in [0.25, 0.3) is 17.5 Å². The van der Waals surface area contributed by atoms with E-state index in [9.17, 15) is 24.5 Å². The summed E-state index contributed by atoms with van der Waals surface area (Å²) in [5, 5.41) is 12.8. The molecular weight excluding hydrogens is 416 g/mol. The molecule has 2 heterocycles. The smallest absolute Gasteiger partial charge is 0.341 e. The van der Waals surface area contributed by atoms with Crippen molar-refractivity contribution in [2.45, 2.75) is 0 Å². The normalized spacial score (nSPS) is 13.4. The van der Waals surface area contributed by atoms with Gasteiger partial charge in [-0.1, -0.05) is 6.07 Å². The summed E-state index contributed by atoms with van der Waals surface area (Å²) < 4.78 is 10.3. The largest absolute Gasteiger partial charge is 0.452 e. The van der Waals surface area contributed by atoms with Gasteiger partial charge < -0.3 is 14.4 Å². The van der Waals surface area contributed by atoms with Crippen LogP contribution in [0.4, 0.5) is 11.4 Å². The first-order valence-electron chi connectivity index (χ1n) is 8.86. The van der Waals surface area contributed by atoms with Gasteiger partial charge in [0.2, 0.25) is 0 Å². The molecule has 2 N–H and O–H groups in total. The number of carbonyl (C=O) groups is 3. The number of anilines is 1. The lowest BCUT2D eigenvalue weighted by molar-refractivity contribution is -0.384. The fraction of sp³-hybridized carbons (Fsp3) is 0.278. The molecule has 0 saturated carbocycles. The zero-order valence-corrected chi connectivity index (χ0v) is 16.5. The van der Waals surface area contributed by atoms with Gasteiger partial charge >= 0.3 is 5.97 Å². The average molecular weight is 434 g/mol. The van der Waals surface area contributed by atoms with Crippen molar-refractivity contribution in [1.82, 2.24) is 10.9 Å². The van der Waals surface area contributed by atoms with Gasteiger partial charge in [0.05, 0.1) is 34.3 Å². The molecule has 1 aliphatic heterocycles. The first-order chi connectivity index (χ1) is 14.5. The molecule has 11 nitrogen and oxygen atoms in total. The second-order valence-electron chi connectivity index (χ2n) is 6.11. The molecule has 1 aromatic carbocycles. The minimum atomic E-state index is -0.889. The summed E-state index contributed by atoms with van der Waals surface area (Å²) in [6, 6.07) is 7.16. The van der Waals surface area contributed by atoms with Gasteiger partial charge in [-0.25, -0.2) is 4.79 Å². The number of carbonyl (C=O) groups excluding carboxylic acids is 3. The molecule has 2 amide bonds. The third-order valence-electron chi connectivity index (χ3n) is 4.16. The molecule has 0 radical (unpaired) electrons. The summed E-state index contributed by atoms with van der Waals surface area (Å²) in [5.74, 6) is -2.15. The Hall–Kier alpha value is -3.51. The van der Waals surface area contributed by atoms with Crippen molar-refractivity contribution in [3.05, 3.63) is 56.3 Å². The fourth-order valence-electron chi connectivity index (χ4n) is 2.72. The lowest BCUT2D eigenvalue weighted by Gasteiger charge is -2.30. The summed E-state index contributed by atoms with van der Waals surface area (Å²) in [4.78, 5) is 48.9. The SMILES string of the molecule is O=C(COC(=O)c1cc([N+](=O)[O-])ccc1N1CCOCC1)NNC(=O)c1cccs1. The maximum absolute atomic E-state index is 12.5. The molecular formula is C18H18N4O7S. The van der Waals surface area contributed by atoms with Crippen LogP contribution >= 0.6 is 11.3 Å². The van der Waals surface area contributed by atoms with Gasteiger partial charge in [0.1, 0.15) is 0 Å². The number of thiophene rings is 1. The Balaban J connectivity index is 1.63. The van der Waals surface area contributed by atoms with Gasteiger partial charge in [-0.2, -0.15) is 0 Å². The monoisotopic (exact) mass is 434 g/mol. The first kappa shape index (κ1) is 21.2. The Morgan fingerprint density at radius 2 is 1.97 bits per heavy atom. The van der Waals surface area contributed by atoms with Crippen LogP contribution in [0.25, 0.3) is 0 Å². The number of ether oxygens (including phenoxy) is 2. The standard InChI is InChI=1S/C18H18N4O7S/c23-16(19-20-17(24)15-2-1-9-30-15)11-29-18(25)13-10-12(22(26)27)3-4-14(13)21-5-7-28-8-6-21/h1-4,9-10H,5-8,11H2,(H,19,23)(H,20,24). The number of nitrogens with one attached hydrogen (secondary N) is 2. The van der Waals surface area contributed by atoms with E-state index in [0.717, 1.165) is 6.07 Å². The lowest BCUT2D eigenvalue weighted by Crippen LogP contribution is -2.43. The molecule has 12 heteroatoms. The van der Waals surface area contributed by atoms with Crippen LogP contribution in [0.1, 0.15) is 20.0 Å². The topological polar surface area (TPSA) is 140 Å². The first-order valence-corrected chi connectivity index (χ1v) is 9.74. The molecule has 0 aliphatic carbocycles. The van der Waals surface area contributed by atoms with Crippen molar-refractivity contribution >= 4 is 40.5 Å². The summed E-state index contributed by atoms with van der Waals surface area (Å²) in [6.45, 7) is 1.26. The third-order valence-corrected chi connectivity index (χ3v) is 5.03. The maximum Gasteiger partial charge on any atom is 0.341 e. The number of hydrogen-bond donors (Lipinski definition) is 2. The van der Waals surface area contributed by atoms with Gasteiger partial charge in [-0.3, -0.25) is 30.6 Å². The molecule has 1 saturated heterocycles. The molecule has 1 aromatic heterocycles. The van der Waals surface area contributed by atoms with E-state index in [4.69, 9.17) is 9.47 Å². The number of nitro groups is 1. The summed E-state index contributed by atoms with van der Waals surface area (Å²) >= 11 is 1.20. The lowest BCUT2D eigenvalue weighted by atomic mass is 10.1. The second kappa shape index (κ2) is 9.80. The Morgan fingerprint density at radius 3 is 2.63 bits per heavy atom. The summed E-state index contributed by atoms with van der Waals surface area (Å²) in [6.07, 6.45) is 0. The highest BCUT2D eigenvalue weighted by atomic mass is 32.1. The molecule has 1 aliphatic rings. The summed E-state index contributed by atoms with van der Waals surface area (Å²) in [5.41, 5.74) is 4.51. The zero-order chi connectivity index (χ0) is 21.5. The quantitative estimate of drug-likeness (QED) is 0.391. The van der Waals surface area contributed by atoms with E-state index in [0.29, 0.717) is 36.9 Å². The Kier molecular flexibility index (Phi) is 6.93. The minimum Gasteiger partial charge on any atom is -0.452 e. The van der Waals surface area contributed by atoms with Gasteiger partial charge in [0.15, 0.2) is 6.61 Å². The molecule has 158 valence electrons. The van der Waals surface area contributed by atoms with Crippen molar-refractivity contribution in [2.75, 3.05) is 37.8 Å². The Bertz CT molecular complexity index is 942. The van der Waals surface area contributed by atoms with Crippen LogP contribution in [0.15, 0.2) is 35.7 Å². The molecule has 30 heavy (non-hydrogen) atoms. The van der Waals surface area contributed by atoms with Crippen LogP contribution in [0.2, 0.25) is 0 Å². The van der Waals surface area contributed by atoms with E-state index in [2.05, 4.69) is 10.9 Å². The fourth-order valence-corrected chi connectivity index (χ4v) is 3.34. The number of amides is 2. The molecule has 1 fully saturated rings. The number of benzene rings is 1. The van der Waals surface area contributed by atoms with E-state index in [1.54, 1.807) is 17.5 Å². The highest BCUT2D eigenvalue weighted by Crippen LogP contribution is 2.27. The van der Waals surface area contributed by atoms with Crippen LogP contribution in [0, 0.1) is 10.1 Å². The molecule has 0 bridgehead atoms. The number of non-ortho nitro benzene ring substituents is 1. The van der Waals surface area contributed by atoms with Gasteiger partial charge in [-0.05, 0) is 17.5 Å². The minimum absolute atomic E-state index is 0.0264. The van der Waals surface area contributed by atoms with E-state index in [1.807, 2.05) is 4.90 Å². The van der Waals surface area contributed by atoms with Gasteiger partial charge in [0, 0.05) is 25.2 Å².